The van der Waals surface area contributed by atoms with Crippen LogP contribution >= 0.6 is 0 Å². The molecule has 0 saturated carbocycles. The number of benzene rings is 1. The molecule has 0 amide bonds. The van der Waals surface area contributed by atoms with E-state index in [4.69, 9.17) is 4.42 Å². The van der Waals surface area contributed by atoms with Crippen molar-refractivity contribution in [3.63, 3.8) is 0 Å². The lowest BCUT2D eigenvalue weighted by Crippen LogP contribution is -2.21. The highest BCUT2D eigenvalue weighted by atomic mass is 16.3. The molecule has 0 atom stereocenters. The second-order valence-electron chi connectivity index (χ2n) is 4.44. The maximum atomic E-state index is 11.8. The van der Waals surface area contributed by atoms with Gasteiger partial charge in [-0.25, -0.2) is 0 Å². The van der Waals surface area contributed by atoms with E-state index in [9.17, 15) is 4.79 Å². The van der Waals surface area contributed by atoms with E-state index in [1.165, 1.54) is 18.0 Å². The zero-order valence-electron chi connectivity index (χ0n) is 11.9. The maximum Gasteiger partial charge on any atom is 0.221 e. The second kappa shape index (κ2) is 6.75. The number of furan rings is 1. The first kappa shape index (κ1) is 14.1. The predicted molar refractivity (Wildman–Crippen MR) is 82.1 cm³/mol. The first-order valence-corrected chi connectivity index (χ1v) is 6.85. The summed E-state index contributed by atoms with van der Waals surface area (Å²) in [7, 11) is 0. The zero-order valence-corrected chi connectivity index (χ0v) is 11.9. The van der Waals surface area contributed by atoms with Gasteiger partial charge in [0.15, 0.2) is 5.76 Å². The summed E-state index contributed by atoms with van der Waals surface area (Å²) in [6, 6.07) is 11.5. The highest BCUT2D eigenvalue weighted by Gasteiger charge is 2.04. The topological polar surface area (TPSA) is 33.5 Å². The van der Waals surface area contributed by atoms with Crippen LogP contribution < -0.4 is 4.90 Å². The third-order valence-corrected chi connectivity index (χ3v) is 3.21. The molecule has 0 aliphatic carbocycles. The largest absolute Gasteiger partial charge is 0.461 e. The van der Waals surface area contributed by atoms with Gasteiger partial charge in [0.05, 0.1) is 6.26 Å². The third-order valence-electron chi connectivity index (χ3n) is 3.21. The molecule has 2 rings (SSSR count). The van der Waals surface area contributed by atoms with Gasteiger partial charge in [0, 0.05) is 18.8 Å². The molecule has 3 nitrogen and oxygen atoms in total. The Bertz CT molecular complexity index is 564. The molecule has 0 bridgehead atoms. The Morgan fingerprint density at radius 3 is 2.40 bits per heavy atom. The van der Waals surface area contributed by atoms with Crippen molar-refractivity contribution < 1.29 is 9.21 Å². The van der Waals surface area contributed by atoms with Crippen molar-refractivity contribution in [2.45, 2.75) is 13.8 Å². The predicted octanol–water partition coefficient (Wildman–Crippen LogP) is 4.02. The summed E-state index contributed by atoms with van der Waals surface area (Å²) in [6.45, 7) is 6.25. The number of anilines is 1. The summed E-state index contributed by atoms with van der Waals surface area (Å²) in [4.78, 5) is 14.0. The Morgan fingerprint density at radius 2 is 1.85 bits per heavy atom. The molecule has 2 aromatic rings. The normalized spacial score (nSPS) is 10.9. The van der Waals surface area contributed by atoms with Gasteiger partial charge in [-0.3, -0.25) is 4.79 Å². The molecule has 1 heterocycles. The monoisotopic (exact) mass is 269 g/mol. The number of allylic oxidation sites excluding steroid dienone is 1. The van der Waals surface area contributed by atoms with Crippen molar-refractivity contribution in [3.8, 4) is 0 Å². The van der Waals surface area contributed by atoms with Crippen molar-refractivity contribution in [3.05, 3.63) is 60.1 Å². The van der Waals surface area contributed by atoms with Crippen molar-refractivity contribution in [2.24, 2.45) is 0 Å². The minimum Gasteiger partial charge on any atom is -0.461 e. The van der Waals surface area contributed by atoms with Crippen LogP contribution in [-0.2, 0) is 0 Å². The molecule has 0 radical (unpaired) electrons. The average molecular weight is 269 g/mol. The Hall–Kier alpha value is -2.29. The average Bonchev–Trinajstić information content (AvgIpc) is 3.01. The van der Waals surface area contributed by atoms with E-state index >= 15 is 0 Å². The molecule has 1 aromatic heterocycles. The molecule has 0 fully saturated rings. The van der Waals surface area contributed by atoms with Gasteiger partial charge in [0.1, 0.15) is 0 Å². The van der Waals surface area contributed by atoms with E-state index in [0.29, 0.717) is 5.76 Å². The lowest BCUT2D eigenvalue weighted by Gasteiger charge is -2.20. The summed E-state index contributed by atoms with van der Waals surface area (Å²) >= 11 is 0. The Labute approximate surface area is 119 Å². The van der Waals surface area contributed by atoms with Crippen LogP contribution in [0.15, 0.2) is 53.2 Å². The van der Waals surface area contributed by atoms with Gasteiger partial charge in [-0.1, -0.05) is 18.2 Å². The summed E-state index contributed by atoms with van der Waals surface area (Å²) < 4.78 is 5.06. The van der Waals surface area contributed by atoms with Gasteiger partial charge in [-0.2, -0.15) is 0 Å². The van der Waals surface area contributed by atoms with Crippen LogP contribution in [0.2, 0.25) is 0 Å². The lowest BCUT2D eigenvalue weighted by molar-refractivity contribution is 0.102. The van der Waals surface area contributed by atoms with E-state index < -0.39 is 0 Å². The van der Waals surface area contributed by atoms with Crippen molar-refractivity contribution in [2.75, 3.05) is 18.0 Å². The Balaban J connectivity index is 2.05. The fourth-order valence-corrected chi connectivity index (χ4v) is 2.06. The number of carbonyl (C=O) groups is 1. The zero-order chi connectivity index (χ0) is 14.4. The van der Waals surface area contributed by atoms with Crippen LogP contribution in [0.5, 0.6) is 0 Å². The lowest BCUT2D eigenvalue weighted by atomic mass is 10.1. The van der Waals surface area contributed by atoms with Crippen LogP contribution in [0.1, 0.15) is 30.0 Å². The molecule has 20 heavy (non-hydrogen) atoms. The fraction of sp³-hybridized carbons (Fsp3) is 0.235. The second-order valence-corrected chi connectivity index (χ2v) is 4.44. The van der Waals surface area contributed by atoms with E-state index in [1.807, 2.05) is 12.1 Å². The Kier molecular flexibility index (Phi) is 4.77. The highest BCUT2D eigenvalue weighted by molar-refractivity contribution is 6.04. The summed E-state index contributed by atoms with van der Waals surface area (Å²) in [5.41, 5.74) is 2.20. The molecule has 0 unspecified atom stereocenters. The van der Waals surface area contributed by atoms with Gasteiger partial charge < -0.3 is 9.32 Å². The summed E-state index contributed by atoms with van der Waals surface area (Å²) in [5.74, 6) is 0.240. The molecule has 0 N–H and O–H groups in total. The van der Waals surface area contributed by atoms with Gasteiger partial charge in [-0.15, -0.1) is 0 Å². The molecule has 0 spiro atoms. The summed E-state index contributed by atoms with van der Waals surface area (Å²) in [5, 5.41) is 0. The number of hydrogen-bond donors (Lipinski definition) is 0. The van der Waals surface area contributed by atoms with Gasteiger partial charge in [0.2, 0.25) is 5.78 Å². The first-order valence-electron chi connectivity index (χ1n) is 6.85. The van der Waals surface area contributed by atoms with E-state index in [2.05, 4.69) is 30.9 Å². The molecular formula is C17H19NO2. The van der Waals surface area contributed by atoms with Crippen LogP contribution in [0.25, 0.3) is 6.08 Å². The van der Waals surface area contributed by atoms with Gasteiger partial charge in [0.25, 0.3) is 0 Å². The van der Waals surface area contributed by atoms with Crippen LogP contribution in [0.3, 0.4) is 0 Å². The van der Waals surface area contributed by atoms with Crippen molar-refractivity contribution in [1.29, 1.82) is 0 Å². The summed E-state index contributed by atoms with van der Waals surface area (Å²) in [6.07, 6.45) is 4.84. The molecule has 0 saturated heterocycles. The molecule has 1 aromatic carbocycles. The molecular weight excluding hydrogens is 250 g/mol. The van der Waals surface area contributed by atoms with E-state index in [0.717, 1.165) is 18.7 Å². The Morgan fingerprint density at radius 1 is 1.15 bits per heavy atom. The van der Waals surface area contributed by atoms with Gasteiger partial charge in [-0.05, 0) is 49.8 Å². The molecule has 0 aliphatic heterocycles. The van der Waals surface area contributed by atoms with Crippen LogP contribution in [0.4, 0.5) is 5.69 Å². The molecule has 3 heteroatoms. The van der Waals surface area contributed by atoms with Crippen LogP contribution in [0, 0.1) is 0 Å². The first-order chi connectivity index (χ1) is 9.74. The standard InChI is InChI=1S/C17H19NO2/c1-3-18(4-2)15-10-7-14(8-11-15)9-12-16(19)17-6-5-13-20-17/h5-13H,3-4H2,1-2H3. The highest BCUT2D eigenvalue weighted by Crippen LogP contribution is 2.16. The number of hydrogen-bond acceptors (Lipinski definition) is 3. The SMILES string of the molecule is CCN(CC)c1ccc(C=CC(=O)c2ccco2)cc1. The number of rotatable bonds is 6. The van der Waals surface area contributed by atoms with Crippen molar-refractivity contribution >= 4 is 17.5 Å². The molecule has 104 valence electrons. The van der Waals surface area contributed by atoms with Crippen molar-refractivity contribution in [1.82, 2.24) is 0 Å². The third kappa shape index (κ3) is 3.38. The maximum absolute atomic E-state index is 11.8. The molecule has 0 aliphatic rings. The van der Waals surface area contributed by atoms with E-state index in [1.54, 1.807) is 18.2 Å². The number of nitrogens with zero attached hydrogens (tertiary/aromatic N) is 1. The minimum absolute atomic E-state index is 0.122. The van der Waals surface area contributed by atoms with Crippen LogP contribution in [-0.4, -0.2) is 18.9 Å². The quantitative estimate of drug-likeness (QED) is 0.586. The minimum atomic E-state index is -0.122. The number of carbonyl (C=O) groups excluding carboxylic acids is 1. The van der Waals surface area contributed by atoms with Gasteiger partial charge >= 0.3 is 0 Å². The fourth-order valence-electron chi connectivity index (χ4n) is 2.06. The smallest absolute Gasteiger partial charge is 0.221 e. The number of ketones is 1. The van der Waals surface area contributed by atoms with E-state index in [-0.39, 0.29) is 5.78 Å².